The van der Waals surface area contributed by atoms with Crippen molar-refractivity contribution in [1.82, 2.24) is 4.90 Å². The van der Waals surface area contributed by atoms with Crippen LogP contribution >= 0.6 is 0 Å². The van der Waals surface area contributed by atoms with E-state index in [1.807, 2.05) is 27.7 Å². The number of carbonyl (C=O) groups excluding carboxylic acids is 2. The van der Waals surface area contributed by atoms with Gasteiger partial charge in [-0.3, -0.25) is 4.90 Å². The lowest BCUT2D eigenvalue weighted by molar-refractivity contribution is -0.136. The van der Waals surface area contributed by atoms with Gasteiger partial charge in [0.1, 0.15) is 6.04 Å². The van der Waals surface area contributed by atoms with Crippen LogP contribution in [0.15, 0.2) is 0 Å². The van der Waals surface area contributed by atoms with Gasteiger partial charge in [0.25, 0.3) is 0 Å². The predicted molar refractivity (Wildman–Crippen MR) is 51.7 cm³/mol. The lowest BCUT2D eigenvalue weighted by Crippen LogP contribution is -2.40. The van der Waals surface area contributed by atoms with Gasteiger partial charge in [-0.15, -0.1) is 0 Å². The van der Waals surface area contributed by atoms with Crippen molar-refractivity contribution in [1.29, 1.82) is 0 Å². The van der Waals surface area contributed by atoms with Crippen LogP contribution in [0.25, 0.3) is 0 Å². The molecule has 0 spiro atoms. The van der Waals surface area contributed by atoms with Crippen LogP contribution in [0, 0.1) is 11.8 Å². The molecule has 1 aliphatic heterocycles. The normalized spacial score (nSPS) is 22.4. The summed E-state index contributed by atoms with van der Waals surface area (Å²) >= 11 is 0. The van der Waals surface area contributed by atoms with E-state index in [2.05, 4.69) is 4.74 Å². The molecule has 14 heavy (non-hydrogen) atoms. The molecule has 0 aromatic heterocycles. The zero-order valence-electron chi connectivity index (χ0n) is 9.11. The minimum atomic E-state index is -0.498. The molecule has 0 radical (unpaired) electrons. The van der Waals surface area contributed by atoms with E-state index in [0.717, 1.165) is 0 Å². The van der Waals surface area contributed by atoms with Crippen molar-refractivity contribution in [2.75, 3.05) is 6.54 Å². The Labute approximate surface area is 84.2 Å². The largest absolute Gasteiger partial charge is 0.418 e. The van der Waals surface area contributed by atoms with Gasteiger partial charge in [0.05, 0.1) is 0 Å². The van der Waals surface area contributed by atoms with Crippen LogP contribution in [0.3, 0.4) is 0 Å². The lowest BCUT2D eigenvalue weighted by atomic mass is 10.0. The third-order valence-electron chi connectivity index (χ3n) is 2.19. The van der Waals surface area contributed by atoms with Crippen LogP contribution in [0.2, 0.25) is 0 Å². The van der Waals surface area contributed by atoms with Gasteiger partial charge in [0, 0.05) is 6.54 Å². The maximum atomic E-state index is 11.3. The van der Waals surface area contributed by atoms with Crippen LogP contribution in [0.5, 0.6) is 0 Å². The molecule has 4 nitrogen and oxygen atoms in total. The molecule has 0 unspecified atom stereocenters. The molecule has 0 aliphatic carbocycles. The van der Waals surface area contributed by atoms with Gasteiger partial charge in [-0.1, -0.05) is 27.7 Å². The van der Waals surface area contributed by atoms with E-state index >= 15 is 0 Å². The van der Waals surface area contributed by atoms with Gasteiger partial charge in [-0.05, 0) is 11.8 Å². The van der Waals surface area contributed by atoms with Crippen LogP contribution < -0.4 is 0 Å². The summed E-state index contributed by atoms with van der Waals surface area (Å²) in [4.78, 5) is 24.2. The summed E-state index contributed by atoms with van der Waals surface area (Å²) in [7, 11) is 0. The molecule has 1 fully saturated rings. The zero-order chi connectivity index (χ0) is 10.9. The van der Waals surface area contributed by atoms with Crippen LogP contribution in [0.4, 0.5) is 4.79 Å². The Bertz CT molecular complexity index is 248. The summed E-state index contributed by atoms with van der Waals surface area (Å²) < 4.78 is 4.60. The van der Waals surface area contributed by atoms with E-state index in [0.29, 0.717) is 12.5 Å². The number of ether oxygens (including phenoxy) is 1. The molecule has 1 atom stereocenters. The van der Waals surface area contributed by atoms with Crippen LogP contribution in [-0.2, 0) is 9.53 Å². The molecule has 1 aliphatic rings. The van der Waals surface area contributed by atoms with Gasteiger partial charge in [0.15, 0.2) is 0 Å². The molecule has 0 saturated carbocycles. The zero-order valence-corrected chi connectivity index (χ0v) is 9.11. The first-order valence-corrected chi connectivity index (χ1v) is 4.95. The van der Waals surface area contributed by atoms with Gasteiger partial charge in [-0.25, -0.2) is 9.59 Å². The first-order valence-electron chi connectivity index (χ1n) is 4.95. The molecule has 1 amide bonds. The Kier molecular flexibility index (Phi) is 3.13. The Balaban J connectivity index is 2.78. The Morgan fingerprint density at radius 3 is 2.29 bits per heavy atom. The van der Waals surface area contributed by atoms with Crippen molar-refractivity contribution in [3.8, 4) is 0 Å². The third kappa shape index (κ3) is 2.05. The van der Waals surface area contributed by atoms with E-state index in [1.165, 1.54) is 4.90 Å². The summed E-state index contributed by atoms with van der Waals surface area (Å²) in [6, 6.07) is -0.398. The number of rotatable bonds is 3. The standard InChI is InChI=1S/C10H17NO3/c1-6(2)5-11-8(7(3)4)9(12)14-10(11)13/h6-8H,5H2,1-4H3/t8-/m0/s1. The summed E-state index contributed by atoms with van der Waals surface area (Å²) in [5.74, 6) is 0.0352. The van der Waals surface area contributed by atoms with Gasteiger partial charge in [-0.2, -0.15) is 0 Å². The third-order valence-corrected chi connectivity index (χ3v) is 2.19. The van der Waals surface area contributed by atoms with Crippen molar-refractivity contribution in [3.63, 3.8) is 0 Å². The topological polar surface area (TPSA) is 46.6 Å². The number of cyclic esters (lactones) is 2. The summed E-state index contributed by atoms with van der Waals surface area (Å²) in [5, 5.41) is 0. The van der Waals surface area contributed by atoms with Crippen molar-refractivity contribution in [2.45, 2.75) is 33.7 Å². The van der Waals surface area contributed by atoms with Crippen molar-refractivity contribution >= 4 is 12.1 Å². The highest BCUT2D eigenvalue weighted by atomic mass is 16.6. The summed E-state index contributed by atoms with van der Waals surface area (Å²) in [5.41, 5.74) is 0. The predicted octanol–water partition coefficient (Wildman–Crippen LogP) is 1.65. The summed E-state index contributed by atoms with van der Waals surface area (Å²) in [6.45, 7) is 8.42. The van der Waals surface area contributed by atoms with Gasteiger partial charge >= 0.3 is 12.1 Å². The Hall–Kier alpha value is -1.06. The molecule has 0 aromatic carbocycles. The number of esters is 1. The second-order valence-corrected chi connectivity index (χ2v) is 4.42. The average Bonchev–Trinajstić information content (AvgIpc) is 2.25. The number of hydrogen-bond donors (Lipinski definition) is 0. The molecule has 4 heteroatoms. The Morgan fingerprint density at radius 1 is 1.29 bits per heavy atom. The quantitative estimate of drug-likeness (QED) is 0.513. The SMILES string of the molecule is CC(C)CN1C(=O)OC(=O)[C@@H]1C(C)C. The van der Waals surface area contributed by atoms with Crippen molar-refractivity contribution in [3.05, 3.63) is 0 Å². The fraction of sp³-hybridized carbons (Fsp3) is 0.800. The molecule has 0 aromatic rings. The maximum Gasteiger partial charge on any atom is 0.418 e. The summed E-state index contributed by atoms with van der Waals surface area (Å²) in [6.07, 6.45) is -0.498. The highest BCUT2D eigenvalue weighted by Crippen LogP contribution is 2.21. The second-order valence-electron chi connectivity index (χ2n) is 4.42. The smallest absolute Gasteiger partial charge is 0.375 e. The minimum Gasteiger partial charge on any atom is -0.375 e. The van der Waals surface area contributed by atoms with E-state index in [9.17, 15) is 9.59 Å². The van der Waals surface area contributed by atoms with E-state index in [4.69, 9.17) is 0 Å². The first kappa shape index (κ1) is 11.0. The van der Waals surface area contributed by atoms with E-state index in [-0.39, 0.29) is 5.92 Å². The fourth-order valence-corrected chi connectivity index (χ4v) is 1.66. The fourth-order valence-electron chi connectivity index (χ4n) is 1.66. The van der Waals surface area contributed by atoms with E-state index < -0.39 is 18.1 Å². The molecule has 1 saturated heterocycles. The number of carbonyl (C=O) groups is 2. The second kappa shape index (κ2) is 3.98. The van der Waals surface area contributed by atoms with E-state index in [1.54, 1.807) is 0 Å². The number of amides is 1. The number of hydrogen-bond acceptors (Lipinski definition) is 3. The molecule has 1 rings (SSSR count). The van der Waals surface area contributed by atoms with Crippen molar-refractivity contribution in [2.24, 2.45) is 11.8 Å². The molecular weight excluding hydrogens is 182 g/mol. The maximum absolute atomic E-state index is 11.3. The average molecular weight is 199 g/mol. The highest BCUT2D eigenvalue weighted by Gasteiger charge is 2.42. The number of nitrogens with zero attached hydrogens (tertiary/aromatic N) is 1. The lowest BCUT2D eigenvalue weighted by Gasteiger charge is -2.24. The Morgan fingerprint density at radius 2 is 1.86 bits per heavy atom. The van der Waals surface area contributed by atoms with Crippen LogP contribution in [0.1, 0.15) is 27.7 Å². The molecule has 0 bridgehead atoms. The van der Waals surface area contributed by atoms with Crippen molar-refractivity contribution < 1.29 is 14.3 Å². The molecule has 80 valence electrons. The first-order chi connectivity index (χ1) is 6.43. The highest BCUT2D eigenvalue weighted by molar-refractivity contribution is 5.95. The monoisotopic (exact) mass is 199 g/mol. The molecule has 0 N–H and O–H groups in total. The van der Waals surface area contributed by atoms with Crippen LogP contribution in [-0.4, -0.2) is 29.5 Å². The van der Waals surface area contributed by atoms with Gasteiger partial charge in [0.2, 0.25) is 0 Å². The molecular formula is C10H17NO3. The minimum absolute atomic E-state index is 0.104. The van der Waals surface area contributed by atoms with Gasteiger partial charge < -0.3 is 4.74 Å². The molecule has 1 heterocycles.